The predicted molar refractivity (Wildman–Crippen MR) is 52.5 cm³/mol. The van der Waals surface area contributed by atoms with Crippen LogP contribution in [0.5, 0.6) is 0 Å². The topological polar surface area (TPSA) is 49.0 Å². The molecule has 0 bridgehead atoms. The molecule has 3 nitrogen and oxygen atoms in total. The number of furan rings is 1. The minimum atomic E-state index is 0.291. The number of rotatable bonds is 3. The summed E-state index contributed by atoms with van der Waals surface area (Å²) in [4.78, 5) is 0. The van der Waals surface area contributed by atoms with Crippen molar-refractivity contribution in [2.45, 2.75) is 38.3 Å². The van der Waals surface area contributed by atoms with Gasteiger partial charge >= 0.3 is 0 Å². The highest BCUT2D eigenvalue weighted by Gasteiger charge is 2.30. The molecule has 1 N–H and O–H groups in total. The van der Waals surface area contributed by atoms with Crippen LogP contribution >= 0.6 is 0 Å². The van der Waals surface area contributed by atoms with E-state index in [1.165, 1.54) is 19.3 Å². The molecule has 0 aliphatic heterocycles. The molecule has 1 aliphatic rings. The second-order valence-electron chi connectivity index (χ2n) is 4.15. The number of hydrogen-bond acceptors (Lipinski definition) is 3. The average molecular weight is 190 g/mol. The third-order valence-electron chi connectivity index (χ3n) is 2.92. The van der Waals surface area contributed by atoms with Crippen molar-refractivity contribution in [2.75, 3.05) is 0 Å². The molecule has 0 aromatic carbocycles. The Morgan fingerprint density at radius 3 is 2.86 bits per heavy atom. The lowest BCUT2D eigenvalue weighted by Crippen LogP contribution is -2.47. The van der Waals surface area contributed by atoms with E-state index in [4.69, 9.17) is 9.68 Å². The van der Waals surface area contributed by atoms with Gasteiger partial charge in [0.1, 0.15) is 11.8 Å². The summed E-state index contributed by atoms with van der Waals surface area (Å²) in [5.74, 6) is 1.23. The molecule has 2 rings (SSSR count). The molecule has 0 unspecified atom stereocenters. The van der Waals surface area contributed by atoms with Crippen molar-refractivity contribution in [3.8, 4) is 6.07 Å². The van der Waals surface area contributed by atoms with Crippen LogP contribution in [0.2, 0.25) is 0 Å². The summed E-state index contributed by atoms with van der Waals surface area (Å²) in [6, 6.07) is 5.54. The van der Waals surface area contributed by atoms with E-state index in [2.05, 4.69) is 12.2 Å². The Morgan fingerprint density at radius 1 is 1.57 bits per heavy atom. The zero-order chi connectivity index (χ0) is 10.0. The van der Waals surface area contributed by atoms with Crippen LogP contribution in [0.1, 0.15) is 37.7 Å². The van der Waals surface area contributed by atoms with Crippen molar-refractivity contribution >= 4 is 0 Å². The van der Waals surface area contributed by atoms with E-state index >= 15 is 0 Å². The monoisotopic (exact) mass is 190 g/mol. The fraction of sp³-hybridized carbons (Fsp3) is 0.545. The van der Waals surface area contributed by atoms with Gasteiger partial charge in [-0.05, 0) is 38.3 Å². The minimum absolute atomic E-state index is 0.291. The molecule has 0 saturated heterocycles. The van der Waals surface area contributed by atoms with Crippen molar-refractivity contribution in [1.29, 1.82) is 5.26 Å². The van der Waals surface area contributed by atoms with Crippen LogP contribution in [0.15, 0.2) is 16.5 Å². The lowest BCUT2D eigenvalue weighted by Gasteiger charge is -2.39. The molecule has 0 radical (unpaired) electrons. The fourth-order valence-electron chi connectivity index (χ4n) is 1.72. The summed E-state index contributed by atoms with van der Waals surface area (Å²) in [5, 5.41) is 12.0. The Balaban J connectivity index is 1.89. The zero-order valence-corrected chi connectivity index (χ0v) is 8.34. The van der Waals surface area contributed by atoms with Gasteiger partial charge in [0.05, 0.1) is 6.54 Å². The van der Waals surface area contributed by atoms with Gasteiger partial charge in [0.15, 0.2) is 0 Å². The van der Waals surface area contributed by atoms with Crippen LogP contribution in [0.25, 0.3) is 0 Å². The molecular weight excluding hydrogens is 176 g/mol. The van der Waals surface area contributed by atoms with Gasteiger partial charge in [0.2, 0.25) is 5.76 Å². The first kappa shape index (κ1) is 9.29. The standard InChI is InChI=1S/C11H14N2O/c1-11(5-2-6-11)13-8-10-4-3-9(7-12)14-10/h3-4,13H,2,5-6,8H2,1H3. The molecular formula is C11H14N2O. The summed E-state index contributed by atoms with van der Waals surface area (Å²) in [6.45, 7) is 2.95. The summed E-state index contributed by atoms with van der Waals surface area (Å²) in [5.41, 5.74) is 0.291. The maximum Gasteiger partial charge on any atom is 0.203 e. The summed E-state index contributed by atoms with van der Waals surface area (Å²) >= 11 is 0. The van der Waals surface area contributed by atoms with Crippen LogP contribution in [0, 0.1) is 11.3 Å². The van der Waals surface area contributed by atoms with Crippen LogP contribution in [0.3, 0.4) is 0 Å². The minimum Gasteiger partial charge on any atom is -0.449 e. The molecule has 1 aromatic rings. The third-order valence-corrected chi connectivity index (χ3v) is 2.92. The smallest absolute Gasteiger partial charge is 0.203 e. The number of nitrogens with one attached hydrogen (secondary N) is 1. The second-order valence-corrected chi connectivity index (χ2v) is 4.15. The van der Waals surface area contributed by atoms with E-state index in [0.29, 0.717) is 11.3 Å². The van der Waals surface area contributed by atoms with E-state index in [-0.39, 0.29) is 0 Å². The van der Waals surface area contributed by atoms with Crippen molar-refractivity contribution < 1.29 is 4.42 Å². The highest BCUT2D eigenvalue weighted by atomic mass is 16.3. The van der Waals surface area contributed by atoms with Crippen molar-refractivity contribution in [1.82, 2.24) is 5.32 Å². The highest BCUT2D eigenvalue weighted by Crippen LogP contribution is 2.31. The first-order valence-corrected chi connectivity index (χ1v) is 4.96. The van der Waals surface area contributed by atoms with E-state index in [9.17, 15) is 0 Å². The van der Waals surface area contributed by atoms with Gasteiger partial charge in [0.25, 0.3) is 0 Å². The zero-order valence-electron chi connectivity index (χ0n) is 8.34. The Bertz CT molecular complexity index is 358. The van der Waals surface area contributed by atoms with Crippen LogP contribution in [-0.4, -0.2) is 5.54 Å². The first-order valence-electron chi connectivity index (χ1n) is 4.96. The Kier molecular flexibility index (Phi) is 2.30. The molecule has 74 valence electrons. The van der Waals surface area contributed by atoms with E-state index in [0.717, 1.165) is 12.3 Å². The molecule has 1 aliphatic carbocycles. The predicted octanol–water partition coefficient (Wildman–Crippen LogP) is 2.18. The largest absolute Gasteiger partial charge is 0.449 e. The Hall–Kier alpha value is -1.27. The van der Waals surface area contributed by atoms with E-state index in [1.54, 1.807) is 6.07 Å². The van der Waals surface area contributed by atoms with E-state index < -0.39 is 0 Å². The molecule has 1 fully saturated rings. The third kappa shape index (κ3) is 1.80. The first-order chi connectivity index (χ1) is 6.72. The molecule has 0 atom stereocenters. The lowest BCUT2D eigenvalue weighted by molar-refractivity contribution is 0.201. The number of hydrogen-bond donors (Lipinski definition) is 1. The van der Waals surface area contributed by atoms with Crippen molar-refractivity contribution in [2.24, 2.45) is 0 Å². The maximum atomic E-state index is 8.57. The van der Waals surface area contributed by atoms with Gasteiger partial charge in [-0.2, -0.15) is 5.26 Å². The maximum absolute atomic E-state index is 8.57. The van der Waals surface area contributed by atoms with Crippen molar-refractivity contribution in [3.05, 3.63) is 23.7 Å². The van der Waals surface area contributed by atoms with Gasteiger partial charge in [0, 0.05) is 5.54 Å². The molecule has 0 amide bonds. The number of nitriles is 1. The van der Waals surface area contributed by atoms with Crippen LogP contribution < -0.4 is 5.32 Å². The van der Waals surface area contributed by atoms with Crippen LogP contribution in [-0.2, 0) is 6.54 Å². The van der Waals surface area contributed by atoms with Crippen LogP contribution in [0.4, 0.5) is 0 Å². The molecule has 1 saturated carbocycles. The molecule has 0 spiro atoms. The SMILES string of the molecule is CC1(NCc2ccc(C#N)o2)CCC1. The normalized spacial score (nSPS) is 18.6. The molecule has 3 heteroatoms. The Morgan fingerprint density at radius 2 is 2.36 bits per heavy atom. The fourth-order valence-corrected chi connectivity index (χ4v) is 1.72. The Labute approximate surface area is 83.7 Å². The van der Waals surface area contributed by atoms with Gasteiger partial charge < -0.3 is 9.73 Å². The van der Waals surface area contributed by atoms with Gasteiger partial charge in [-0.3, -0.25) is 0 Å². The van der Waals surface area contributed by atoms with E-state index in [1.807, 2.05) is 12.1 Å². The van der Waals surface area contributed by atoms with Gasteiger partial charge in [-0.15, -0.1) is 0 Å². The average Bonchev–Trinajstić information content (AvgIpc) is 2.59. The molecule has 1 aromatic heterocycles. The van der Waals surface area contributed by atoms with Gasteiger partial charge in [-0.25, -0.2) is 0 Å². The highest BCUT2D eigenvalue weighted by molar-refractivity contribution is 5.19. The van der Waals surface area contributed by atoms with Gasteiger partial charge in [-0.1, -0.05) is 0 Å². The molecule has 1 heterocycles. The lowest BCUT2D eigenvalue weighted by atomic mass is 9.78. The van der Waals surface area contributed by atoms with Crippen molar-refractivity contribution in [3.63, 3.8) is 0 Å². The molecule has 14 heavy (non-hydrogen) atoms. The summed E-state index contributed by atoms with van der Waals surface area (Å²) in [6.07, 6.45) is 3.78. The number of nitrogens with zero attached hydrogens (tertiary/aromatic N) is 1. The second kappa shape index (κ2) is 3.47. The summed E-state index contributed by atoms with van der Waals surface area (Å²) < 4.78 is 5.27. The quantitative estimate of drug-likeness (QED) is 0.794. The summed E-state index contributed by atoms with van der Waals surface area (Å²) in [7, 11) is 0.